The second-order valence-corrected chi connectivity index (χ2v) is 3.78. The lowest BCUT2D eigenvalue weighted by molar-refractivity contribution is 1.14. The molecule has 1 aromatic heterocycles. The highest BCUT2D eigenvalue weighted by Crippen LogP contribution is 2.25. The third-order valence-corrected chi connectivity index (χ3v) is 3.34. The molecule has 0 N–H and O–H groups in total. The fourth-order valence-corrected chi connectivity index (χ4v) is 1.57. The normalized spacial score (nSPS) is 10.0. The molecule has 0 aliphatic carbocycles. The number of rotatable bonds is 0. The Labute approximate surface area is 77.1 Å². The zero-order valence-electron chi connectivity index (χ0n) is 5.78. The Hall–Kier alpha value is 0.110. The van der Waals surface area contributed by atoms with Crippen molar-refractivity contribution in [3.05, 3.63) is 26.4 Å². The average Bonchev–Trinajstić information content (AvgIpc) is 1.93. The summed E-state index contributed by atoms with van der Waals surface area (Å²) in [7, 11) is 0. The minimum absolute atomic E-state index is 1.03. The summed E-state index contributed by atoms with van der Waals surface area (Å²) in [5, 5.41) is 0. The molecule has 0 bridgehead atoms. The van der Waals surface area contributed by atoms with Gasteiger partial charge >= 0.3 is 0 Å². The van der Waals surface area contributed by atoms with Gasteiger partial charge in [0.05, 0.1) is 5.69 Å². The molecule has 0 saturated heterocycles. The smallest absolute Gasteiger partial charge is 0.0518 e. The van der Waals surface area contributed by atoms with Crippen LogP contribution in [0, 0.1) is 13.8 Å². The van der Waals surface area contributed by atoms with Gasteiger partial charge in [0.15, 0.2) is 0 Å². The molecule has 0 unspecified atom stereocenters. The Morgan fingerprint density at radius 3 is 2.40 bits per heavy atom. The van der Waals surface area contributed by atoms with E-state index < -0.39 is 0 Å². The zero-order valence-corrected chi connectivity index (χ0v) is 8.95. The first-order chi connectivity index (χ1) is 4.63. The number of halogens is 2. The van der Waals surface area contributed by atoms with Crippen molar-refractivity contribution in [2.75, 3.05) is 0 Å². The first-order valence-electron chi connectivity index (χ1n) is 2.90. The maximum Gasteiger partial charge on any atom is 0.0518 e. The molecular weight excluding hydrogens is 258 g/mol. The average molecular weight is 265 g/mol. The largest absolute Gasteiger partial charge is 0.259 e. The molecule has 10 heavy (non-hydrogen) atoms. The predicted molar refractivity (Wildman–Crippen MR) is 49.1 cm³/mol. The topological polar surface area (TPSA) is 12.9 Å². The molecule has 1 rings (SSSR count). The molecule has 0 aliphatic heterocycles. The number of hydrogen-bond donors (Lipinski definition) is 0. The van der Waals surface area contributed by atoms with E-state index in [9.17, 15) is 0 Å². The van der Waals surface area contributed by atoms with Crippen LogP contribution in [0.4, 0.5) is 0 Å². The number of pyridine rings is 1. The maximum atomic E-state index is 4.15. The van der Waals surface area contributed by atoms with Crippen LogP contribution >= 0.6 is 31.9 Å². The lowest BCUT2D eigenvalue weighted by Gasteiger charge is -2.02. The molecule has 0 saturated carbocycles. The Kier molecular flexibility index (Phi) is 2.47. The molecule has 1 aromatic rings. The number of aryl methyl sites for hydroxylation is 1. The minimum Gasteiger partial charge on any atom is -0.259 e. The predicted octanol–water partition coefficient (Wildman–Crippen LogP) is 3.22. The van der Waals surface area contributed by atoms with E-state index in [2.05, 4.69) is 36.8 Å². The molecule has 54 valence electrons. The molecular formula is C7H7Br2N. The van der Waals surface area contributed by atoms with E-state index in [0.717, 1.165) is 14.6 Å². The van der Waals surface area contributed by atoms with E-state index in [1.54, 1.807) is 0 Å². The van der Waals surface area contributed by atoms with Crippen molar-refractivity contribution in [3.8, 4) is 0 Å². The van der Waals surface area contributed by atoms with E-state index in [0.29, 0.717) is 0 Å². The Balaban J connectivity index is 3.34. The number of aromatic nitrogens is 1. The summed E-state index contributed by atoms with van der Waals surface area (Å²) in [5.41, 5.74) is 2.23. The Bertz CT molecular complexity index is 231. The van der Waals surface area contributed by atoms with Crippen LogP contribution in [-0.2, 0) is 0 Å². The second-order valence-electron chi connectivity index (χ2n) is 2.13. The number of hydrogen-bond acceptors (Lipinski definition) is 1. The molecule has 0 fully saturated rings. The highest BCUT2D eigenvalue weighted by molar-refractivity contribution is 9.11. The molecule has 0 amide bonds. The van der Waals surface area contributed by atoms with E-state index in [1.807, 2.05) is 20.0 Å². The number of nitrogens with zero attached hydrogens (tertiary/aromatic N) is 1. The van der Waals surface area contributed by atoms with E-state index in [1.165, 1.54) is 5.56 Å². The van der Waals surface area contributed by atoms with Crippen LogP contribution in [0.2, 0.25) is 0 Å². The SMILES string of the molecule is Cc1ncc(Br)c(C)c1Br. The summed E-state index contributed by atoms with van der Waals surface area (Å²) >= 11 is 6.83. The van der Waals surface area contributed by atoms with Gasteiger partial charge in [-0.05, 0) is 51.3 Å². The zero-order chi connectivity index (χ0) is 7.72. The van der Waals surface area contributed by atoms with Crippen LogP contribution < -0.4 is 0 Å². The van der Waals surface area contributed by atoms with Crippen LogP contribution in [0.25, 0.3) is 0 Å². The van der Waals surface area contributed by atoms with Gasteiger partial charge in [-0.25, -0.2) is 0 Å². The van der Waals surface area contributed by atoms with Gasteiger partial charge in [0.25, 0.3) is 0 Å². The fourth-order valence-electron chi connectivity index (χ4n) is 0.683. The molecule has 0 atom stereocenters. The Morgan fingerprint density at radius 2 is 1.90 bits per heavy atom. The highest BCUT2D eigenvalue weighted by Gasteiger charge is 2.02. The summed E-state index contributed by atoms with van der Waals surface area (Å²) in [5.74, 6) is 0. The Morgan fingerprint density at radius 1 is 1.30 bits per heavy atom. The van der Waals surface area contributed by atoms with E-state index in [-0.39, 0.29) is 0 Å². The first-order valence-corrected chi connectivity index (χ1v) is 4.48. The van der Waals surface area contributed by atoms with Crippen molar-refractivity contribution in [1.29, 1.82) is 0 Å². The van der Waals surface area contributed by atoms with Gasteiger partial charge in [-0.1, -0.05) is 0 Å². The van der Waals surface area contributed by atoms with Crippen molar-refractivity contribution in [3.63, 3.8) is 0 Å². The van der Waals surface area contributed by atoms with Gasteiger partial charge in [-0.15, -0.1) is 0 Å². The molecule has 1 nitrogen and oxygen atoms in total. The standard InChI is InChI=1S/C7H7Br2N/c1-4-6(8)3-10-5(2)7(4)9/h3H,1-2H3. The summed E-state index contributed by atoms with van der Waals surface area (Å²) in [6.07, 6.45) is 1.81. The van der Waals surface area contributed by atoms with E-state index >= 15 is 0 Å². The van der Waals surface area contributed by atoms with Gasteiger partial charge < -0.3 is 0 Å². The van der Waals surface area contributed by atoms with Gasteiger partial charge in [0.2, 0.25) is 0 Å². The third kappa shape index (κ3) is 1.40. The maximum absolute atomic E-state index is 4.15. The third-order valence-electron chi connectivity index (χ3n) is 1.38. The second kappa shape index (κ2) is 3.01. The lowest BCUT2D eigenvalue weighted by Crippen LogP contribution is -1.86. The van der Waals surface area contributed by atoms with Gasteiger partial charge in [-0.3, -0.25) is 4.98 Å². The van der Waals surface area contributed by atoms with Crippen LogP contribution in [0.1, 0.15) is 11.3 Å². The molecule has 3 heteroatoms. The van der Waals surface area contributed by atoms with Crippen molar-refractivity contribution in [2.24, 2.45) is 0 Å². The molecule has 0 aromatic carbocycles. The quantitative estimate of drug-likeness (QED) is 0.701. The summed E-state index contributed by atoms with van der Waals surface area (Å²) in [6, 6.07) is 0. The van der Waals surface area contributed by atoms with Gasteiger partial charge in [-0.2, -0.15) is 0 Å². The first kappa shape index (κ1) is 8.21. The van der Waals surface area contributed by atoms with Crippen LogP contribution in [-0.4, -0.2) is 4.98 Å². The summed E-state index contributed by atoms with van der Waals surface area (Å²) < 4.78 is 2.13. The summed E-state index contributed by atoms with van der Waals surface area (Å²) in [4.78, 5) is 4.15. The van der Waals surface area contributed by atoms with E-state index in [4.69, 9.17) is 0 Å². The lowest BCUT2D eigenvalue weighted by atomic mass is 10.2. The molecule has 0 radical (unpaired) electrons. The van der Waals surface area contributed by atoms with Crippen molar-refractivity contribution >= 4 is 31.9 Å². The fraction of sp³-hybridized carbons (Fsp3) is 0.286. The van der Waals surface area contributed by atoms with Crippen LogP contribution in [0.15, 0.2) is 15.1 Å². The van der Waals surface area contributed by atoms with Crippen molar-refractivity contribution in [1.82, 2.24) is 4.98 Å². The highest BCUT2D eigenvalue weighted by atomic mass is 79.9. The minimum atomic E-state index is 1.03. The van der Waals surface area contributed by atoms with Gasteiger partial charge in [0.1, 0.15) is 0 Å². The van der Waals surface area contributed by atoms with Crippen molar-refractivity contribution < 1.29 is 0 Å². The van der Waals surface area contributed by atoms with Crippen LogP contribution in [0.5, 0.6) is 0 Å². The molecule has 0 aliphatic rings. The van der Waals surface area contributed by atoms with Crippen LogP contribution in [0.3, 0.4) is 0 Å². The summed E-state index contributed by atoms with van der Waals surface area (Å²) in [6.45, 7) is 4.02. The molecule has 0 spiro atoms. The van der Waals surface area contributed by atoms with Crippen molar-refractivity contribution in [2.45, 2.75) is 13.8 Å². The monoisotopic (exact) mass is 263 g/mol. The molecule has 1 heterocycles. The van der Waals surface area contributed by atoms with Gasteiger partial charge in [0, 0.05) is 15.1 Å².